The highest BCUT2D eigenvalue weighted by molar-refractivity contribution is 7.86. The highest BCUT2D eigenvalue weighted by Crippen LogP contribution is 2.23. The van der Waals surface area contributed by atoms with Crippen molar-refractivity contribution in [3.05, 3.63) is 29.8 Å². The minimum atomic E-state index is -4.11. The van der Waals surface area contributed by atoms with Crippen molar-refractivity contribution in [1.82, 2.24) is 0 Å². The monoisotopic (exact) mass is 318 g/mol. The predicted octanol–water partition coefficient (Wildman–Crippen LogP) is -0.207. The lowest BCUT2D eigenvalue weighted by atomic mass is 10.1. The summed E-state index contributed by atoms with van der Waals surface area (Å²) in [6.45, 7) is 1.63. The van der Waals surface area contributed by atoms with Crippen LogP contribution >= 0.6 is 0 Å². The van der Waals surface area contributed by atoms with Crippen molar-refractivity contribution in [3.63, 3.8) is 0 Å². The van der Waals surface area contributed by atoms with Gasteiger partial charge in [0, 0.05) is 7.11 Å². The van der Waals surface area contributed by atoms with Crippen LogP contribution in [0.5, 0.6) is 0 Å². The van der Waals surface area contributed by atoms with Crippen LogP contribution in [-0.4, -0.2) is 56.9 Å². The largest absolute Gasteiger partial charge is 0.388 e. The number of methoxy groups -OCH3 is 1. The van der Waals surface area contributed by atoms with E-state index >= 15 is 0 Å². The molecule has 0 aliphatic carbocycles. The quantitative estimate of drug-likeness (QED) is 0.741. The van der Waals surface area contributed by atoms with Crippen LogP contribution in [-0.2, 0) is 23.8 Å². The SMILES string of the molecule is CO[C@H]1OC[C@H](O)[C@H](OS(=O)(=O)c2ccc(C)cc2)[C@H]1O. The van der Waals surface area contributed by atoms with Crippen LogP contribution in [0, 0.1) is 6.92 Å². The number of aliphatic hydroxyl groups is 2. The fourth-order valence-corrected chi connectivity index (χ4v) is 3.12. The summed E-state index contributed by atoms with van der Waals surface area (Å²) in [5.74, 6) is 0. The molecule has 1 heterocycles. The third-order valence-corrected chi connectivity index (χ3v) is 4.53. The maximum atomic E-state index is 12.2. The third kappa shape index (κ3) is 3.60. The van der Waals surface area contributed by atoms with Crippen molar-refractivity contribution >= 4 is 10.1 Å². The summed E-state index contributed by atoms with van der Waals surface area (Å²) in [5.41, 5.74) is 0.902. The average molecular weight is 318 g/mol. The first kappa shape index (κ1) is 16.3. The third-order valence-electron chi connectivity index (χ3n) is 3.21. The molecule has 1 aromatic rings. The number of aryl methyl sites for hydroxylation is 1. The van der Waals surface area contributed by atoms with Crippen LogP contribution in [0.15, 0.2) is 29.2 Å². The Morgan fingerprint density at radius 1 is 1.24 bits per heavy atom. The lowest BCUT2D eigenvalue weighted by Crippen LogP contribution is -2.55. The van der Waals surface area contributed by atoms with E-state index in [1.807, 2.05) is 6.92 Å². The highest BCUT2D eigenvalue weighted by Gasteiger charge is 2.42. The van der Waals surface area contributed by atoms with E-state index in [4.69, 9.17) is 13.7 Å². The lowest BCUT2D eigenvalue weighted by Gasteiger charge is -2.36. The van der Waals surface area contributed by atoms with Crippen LogP contribution in [0.4, 0.5) is 0 Å². The van der Waals surface area contributed by atoms with Gasteiger partial charge in [-0.3, -0.25) is 4.18 Å². The Labute approximate surface area is 123 Å². The van der Waals surface area contributed by atoms with E-state index < -0.39 is 34.7 Å². The number of hydrogen-bond acceptors (Lipinski definition) is 7. The fraction of sp³-hybridized carbons (Fsp3) is 0.538. The van der Waals surface area contributed by atoms with Crippen LogP contribution in [0.3, 0.4) is 0 Å². The molecule has 0 radical (unpaired) electrons. The fourth-order valence-electron chi connectivity index (χ4n) is 2.00. The summed E-state index contributed by atoms with van der Waals surface area (Å²) >= 11 is 0. The molecule has 21 heavy (non-hydrogen) atoms. The van der Waals surface area contributed by atoms with Gasteiger partial charge < -0.3 is 19.7 Å². The Bertz CT molecular complexity index is 569. The zero-order valence-electron chi connectivity index (χ0n) is 11.7. The first-order valence-electron chi connectivity index (χ1n) is 6.35. The molecule has 2 N–H and O–H groups in total. The van der Waals surface area contributed by atoms with Gasteiger partial charge in [-0.2, -0.15) is 8.42 Å². The molecule has 0 spiro atoms. The molecule has 0 saturated carbocycles. The van der Waals surface area contributed by atoms with E-state index in [2.05, 4.69) is 0 Å². The first-order chi connectivity index (χ1) is 9.85. The molecule has 2 rings (SSSR count). The van der Waals surface area contributed by atoms with E-state index in [1.165, 1.54) is 19.2 Å². The molecule has 1 aliphatic heterocycles. The van der Waals surface area contributed by atoms with E-state index in [1.54, 1.807) is 12.1 Å². The Balaban J connectivity index is 2.20. The van der Waals surface area contributed by atoms with Crippen molar-refractivity contribution in [3.8, 4) is 0 Å². The van der Waals surface area contributed by atoms with Gasteiger partial charge in [-0.15, -0.1) is 0 Å². The molecule has 7 nitrogen and oxygen atoms in total. The van der Waals surface area contributed by atoms with E-state index in [-0.39, 0.29) is 11.5 Å². The van der Waals surface area contributed by atoms with Gasteiger partial charge in [0.2, 0.25) is 0 Å². The Hall–Kier alpha value is -1.03. The summed E-state index contributed by atoms with van der Waals surface area (Å²) in [5, 5.41) is 19.7. The summed E-state index contributed by atoms with van der Waals surface area (Å²) < 4.78 is 39.2. The number of ether oxygens (including phenoxy) is 2. The van der Waals surface area contributed by atoms with Gasteiger partial charge in [0.1, 0.15) is 18.3 Å². The Morgan fingerprint density at radius 3 is 2.43 bits per heavy atom. The topological polar surface area (TPSA) is 102 Å². The zero-order valence-corrected chi connectivity index (χ0v) is 12.5. The highest BCUT2D eigenvalue weighted by atomic mass is 32.2. The molecule has 0 bridgehead atoms. The van der Waals surface area contributed by atoms with Crippen molar-refractivity contribution in [1.29, 1.82) is 0 Å². The first-order valence-corrected chi connectivity index (χ1v) is 7.76. The van der Waals surface area contributed by atoms with Crippen molar-refractivity contribution in [2.24, 2.45) is 0 Å². The molecule has 0 unspecified atom stereocenters. The minimum absolute atomic E-state index is 0.0482. The standard InChI is InChI=1S/C13H18O7S/c1-8-3-5-9(6-4-8)21(16,17)20-12-10(14)7-19-13(18-2)11(12)15/h3-6,10-15H,7H2,1-2H3/t10-,11+,12-,13-/m0/s1. The number of hydrogen-bond donors (Lipinski definition) is 2. The summed E-state index contributed by atoms with van der Waals surface area (Å²) in [4.78, 5) is -0.0482. The Morgan fingerprint density at radius 2 is 1.86 bits per heavy atom. The van der Waals surface area contributed by atoms with Gasteiger partial charge in [0.15, 0.2) is 6.29 Å². The maximum absolute atomic E-state index is 12.2. The van der Waals surface area contributed by atoms with Gasteiger partial charge >= 0.3 is 0 Å². The van der Waals surface area contributed by atoms with Gasteiger partial charge in [0.05, 0.1) is 11.5 Å². The zero-order chi connectivity index (χ0) is 15.6. The smallest absolute Gasteiger partial charge is 0.297 e. The van der Waals surface area contributed by atoms with E-state index in [0.717, 1.165) is 5.56 Å². The predicted molar refractivity (Wildman–Crippen MR) is 72.0 cm³/mol. The summed E-state index contributed by atoms with van der Waals surface area (Å²) in [7, 11) is -2.80. The number of benzene rings is 1. The minimum Gasteiger partial charge on any atom is -0.388 e. The second-order valence-corrected chi connectivity index (χ2v) is 6.40. The van der Waals surface area contributed by atoms with Crippen LogP contribution in [0.2, 0.25) is 0 Å². The van der Waals surface area contributed by atoms with Crippen molar-refractivity contribution in [2.45, 2.75) is 36.4 Å². The van der Waals surface area contributed by atoms with Crippen LogP contribution in [0.25, 0.3) is 0 Å². The van der Waals surface area contributed by atoms with Crippen molar-refractivity contribution in [2.75, 3.05) is 13.7 Å². The second kappa shape index (κ2) is 6.39. The van der Waals surface area contributed by atoms with E-state index in [0.29, 0.717) is 0 Å². The van der Waals surface area contributed by atoms with Crippen LogP contribution < -0.4 is 0 Å². The Kier molecular flexibility index (Phi) is 4.97. The molecular weight excluding hydrogens is 300 g/mol. The molecule has 1 saturated heterocycles. The number of aliphatic hydroxyl groups excluding tert-OH is 2. The van der Waals surface area contributed by atoms with Gasteiger partial charge in [-0.25, -0.2) is 0 Å². The molecule has 118 valence electrons. The van der Waals surface area contributed by atoms with Gasteiger partial charge in [-0.05, 0) is 19.1 Å². The van der Waals surface area contributed by atoms with Gasteiger partial charge in [-0.1, -0.05) is 17.7 Å². The normalized spacial score (nSPS) is 30.3. The molecule has 0 amide bonds. The van der Waals surface area contributed by atoms with E-state index in [9.17, 15) is 18.6 Å². The van der Waals surface area contributed by atoms with Crippen molar-refractivity contribution < 1.29 is 32.3 Å². The second-order valence-electron chi connectivity index (χ2n) is 4.82. The summed E-state index contributed by atoms with van der Waals surface area (Å²) in [6.07, 6.45) is -5.09. The molecule has 1 aromatic carbocycles. The number of rotatable bonds is 4. The average Bonchev–Trinajstić information content (AvgIpc) is 2.44. The lowest BCUT2D eigenvalue weighted by molar-refractivity contribution is -0.256. The molecular formula is C13H18O7S. The van der Waals surface area contributed by atoms with Gasteiger partial charge in [0.25, 0.3) is 10.1 Å². The maximum Gasteiger partial charge on any atom is 0.297 e. The van der Waals surface area contributed by atoms with Crippen LogP contribution in [0.1, 0.15) is 5.56 Å². The molecule has 4 atom stereocenters. The molecule has 1 aliphatic rings. The summed E-state index contributed by atoms with van der Waals surface area (Å²) in [6, 6.07) is 6.06. The molecule has 1 fully saturated rings. The molecule has 8 heteroatoms. The molecule has 0 aromatic heterocycles.